The zero-order valence-electron chi connectivity index (χ0n) is 23.5. The number of ether oxygens (including phenoxy) is 2. The average molecular weight is 552 g/mol. The SMILES string of the molecule is CCCCCCCCCCCCCC(=O)OC[C@H](COP(=O)(O)OCCN)OC(=O)CCCCCCC. The molecule has 10 heteroatoms. The van der Waals surface area contributed by atoms with Crippen molar-refractivity contribution in [3.05, 3.63) is 0 Å². The number of rotatable bonds is 27. The van der Waals surface area contributed by atoms with Gasteiger partial charge >= 0.3 is 19.8 Å². The number of carbonyl (C=O) groups excluding carboxylic acids is 2. The Morgan fingerprint density at radius 2 is 1.16 bits per heavy atom. The van der Waals surface area contributed by atoms with Crippen molar-refractivity contribution in [3.8, 4) is 0 Å². The van der Waals surface area contributed by atoms with Gasteiger partial charge in [-0.1, -0.05) is 104 Å². The molecule has 0 spiro atoms. The topological polar surface area (TPSA) is 134 Å². The summed E-state index contributed by atoms with van der Waals surface area (Å²) in [7, 11) is -4.34. The van der Waals surface area contributed by atoms with Crippen molar-refractivity contribution in [1.82, 2.24) is 0 Å². The molecule has 0 amide bonds. The number of esters is 2. The summed E-state index contributed by atoms with van der Waals surface area (Å²) < 4.78 is 32.2. The van der Waals surface area contributed by atoms with E-state index in [1.54, 1.807) is 0 Å². The standard InChI is InChI=1S/C27H54NO8P/c1-3-5-7-9-10-11-12-13-14-16-17-19-26(29)33-23-25(24-35-37(31,32)34-22-21-28)36-27(30)20-18-15-8-6-4-2/h25H,3-24,28H2,1-2H3,(H,31,32)/t25-/m1/s1. The summed E-state index contributed by atoms with van der Waals surface area (Å²) in [5.74, 6) is -0.842. The van der Waals surface area contributed by atoms with E-state index in [0.29, 0.717) is 6.42 Å². The molecule has 0 saturated carbocycles. The van der Waals surface area contributed by atoms with Gasteiger partial charge in [0.25, 0.3) is 0 Å². The minimum absolute atomic E-state index is 0.0566. The number of hydrogen-bond acceptors (Lipinski definition) is 8. The maximum Gasteiger partial charge on any atom is 0.472 e. The molecule has 0 heterocycles. The third kappa shape index (κ3) is 25.1. The van der Waals surface area contributed by atoms with Crippen molar-refractivity contribution in [2.75, 3.05) is 26.4 Å². The number of carbonyl (C=O) groups is 2. The van der Waals surface area contributed by atoms with Crippen LogP contribution in [-0.2, 0) is 32.7 Å². The Balaban J connectivity index is 4.26. The van der Waals surface area contributed by atoms with Gasteiger partial charge in [0.05, 0.1) is 13.2 Å². The Morgan fingerprint density at radius 3 is 1.65 bits per heavy atom. The minimum Gasteiger partial charge on any atom is -0.462 e. The number of hydrogen-bond donors (Lipinski definition) is 2. The largest absolute Gasteiger partial charge is 0.472 e. The lowest BCUT2D eigenvalue weighted by molar-refractivity contribution is -0.161. The van der Waals surface area contributed by atoms with E-state index in [4.69, 9.17) is 24.3 Å². The van der Waals surface area contributed by atoms with E-state index in [2.05, 4.69) is 13.8 Å². The predicted molar refractivity (Wildman–Crippen MR) is 146 cm³/mol. The van der Waals surface area contributed by atoms with Crippen molar-refractivity contribution in [1.29, 1.82) is 0 Å². The second kappa shape index (κ2) is 25.3. The second-order valence-electron chi connectivity index (χ2n) is 9.63. The van der Waals surface area contributed by atoms with Gasteiger partial charge in [-0.3, -0.25) is 18.6 Å². The van der Waals surface area contributed by atoms with Crippen LogP contribution in [-0.4, -0.2) is 49.3 Å². The van der Waals surface area contributed by atoms with Gasteiger partial charge in [-0.15, -0.1) is 0 Å². The van der Waals surface area contributed by atoms with Gasteiger partial charge in [0.2, 0.25) is 0 Å². The number of phosphoric ester groups is 1. The summed E-state index contributed by atoms with van der Waals surface area (Å²) >= 11 is 0. The molecule has 220 valence electrons. The van der Waals surface area contributed by atoms with Gasteiger partial charge in [0, 0.05) is 19.4 Å². The zero-order chi connectivity index (χ0) is 27.6. The molecule has 3 N–H and O–H groups in total. The fourth-order valence-corrected chi connectivity index (χ4v) is 4.57. The normalized spacial score (nSPS) is 13.7. The van der Waals surface area contributed by atoms with Crippen LogP contribution in [0.4, 0.5) is 0 Å². The van der Waals surface area contributed by atoms with E-state index in [1.165, 1.54) is 51.4 Å². The van der Waals surface area contributed by atoms with Crippen LogP contribution in [0.25, 0.3) is 0 Å². The molecule has 0 aromatic carbocycles. The van der Waals surface area contributed by atoms with Gasteiger partial charge in [-0.25, -0.2) is 4.57 Å². The molecule has 1 unspecified atom stereocenters. The highest BCUT2D eigenvalue weighted by atomic mass is 31.2. The van der Waals surface area contributed by atoms with Crippen molar-refractivity contribution < 1.29 is 37.6 Å². The number of phosphoric acid groups is 1. The molecule has 0 bridgehead atoms. The smallest absolute Gasteiger partial charge is 0.462 e. The summed E-state index contributed by atoms with van der Waals surface area (Å²) in [5, 5.41) is 0. The van der Waals surface area contributed by atoms with Crippen molar-refractivity contribution in [2.24, 2.45) is 5.73 Å². The summed E-state index contributed by atoms with van der Waals surface area (Å²) in [4.78, 5) is 34.1. The van der Waals surface area contributed by atoms with Gasteiger partial charge in [0.1, 0.15) is 6.61 Å². The first-order chi connectivity index (χ1) is 17.8. The Labute approximate surface area is 225 Å². The molecule has 0 radical (unpaired) electrons. The average Bonchev–Trinajstić information content (AvgIpc) is 2.87. The maximum atomic E-state index is 12.2. The summed E-state index contributed by atoms with van der Waals surface area (Å²) in [6, 6.07) is 0. The van der Waals surface area contributed by atoms with Gasteiger partial charge in [0.15, 0.2) is 6.10 Å². The summed E-state index contributed by atoms with van der Waals surface area (Å²) in [6.07, 6.45) is 17.5. The third-order valence-corrected chi connectivity index (χ3v) is 6.98. The first kappa shape index (κ1) is 36.0. The van der Waals surface area contributed by atoms with E-state index < -0.39 is 26.5 Å². The summed E-state index contributed by atoms with van der Waals surface area (Å²) in [5.41, 5.74) is 5.28. The van der Waals surface area contributed by atoms with Crippen molar-refractivity contribution >= 4 is 19.8 Å². The molecular formula is C27H54NO8P. The van der Waals surface area contributed by atoms with Crippen molar-refractivity contribution in [3.63, 3.8) is 0 Å². The molecule has 0 aliphatic rings. The lowest BCUT2D eigenvalue weighted by atomic mass is 10.1. The fourth-order valence-electron chi connectivity index (χ4n) is 3.81. The van der Waals surface area contributed by atoms with Gasteiger partial charge in [-0.2, -0.15) is 0 Å². The van der Waals surface area contributed by atoms with Crippen LogP contribution in [0.2, 0.25) is 0 Å². The first-order valence-electron chi connectivity index (χ1n) is 14.5. The molecule has 0 fully saturated rings. The molecule has 0 aliphatic heterocycles. The van der Waals surface area contributed by atoms with E-state index in [1.807, 2.05) is 0 Å². The highest BCUT2D eigenvalue weighted by Crippen LogP contribution is 2.43. The van der Waals surface area contributed by atoms with Crippen molar-refractivity contribution in [2.45, 2.75) is 136 Å². The predicted octanol–water partition coefficient (Wildman–Crippen LogP) is 6.60. The van der Waals surface area contributed by atoms with Crippen LogP contribution >= 0.6 is 7.82 Å². The lowest BCUT2D eigenvalue weighted by Crippen LogP contribution is -2.29. The van der Waals surface area contributed by atoms with Crippen LogP contribution in [0.1, 0.15) is 129 Å². The molecule has 2 atom stereocenters. The minimum atomic E-state index is -4.34. The monoisotopic (exact) mass is 551 g/mol. The zero-order valence-corrected chi connectivity index (χ0v) is 24.4. The van der Waals surface area contributed by atoms with Crippen LogP contribution < -0.4 is 5.73 Å². The highest BCUT2D eigenvalue weighted by molar-refractivity contribution is 7.47. The maximum absolute atomic E-state index is 12.2. The molecule has 0 rings (SSSR count). The molecule has 0 aromatic heterocycles. The Hall–Kier alpha value is -0.990. The molecule has 37 heavy (non-hydrogen) atoms. The van der Waals surface area contributed by atoms with E-state index in [9.17, 15) is 19.0 Å². The number of unbranched alkanes of at least 4 members (excludes halogenated alkanes) is 14. The molecule has 0 saturated heterocycles. The first-order valence-corrected chi connectivity index (χ1v) is 16.0. The van der Waals surface area contributed by atoms with Gasteiger partial charge < -0.3 is 20.1 Å². The van der Waals surface area contributed by atoms with Crippen LogP contribution in [0, 0.1) is 0 Å². The molecule has 0 aliphatic carbocycles. The lowest BCUT2D eigenvalue weighted by Gasteiger charge is -2.19. The van der Waals surface area contributed by atoms with Gasteiger partial charge in [-0.05, 0) is 12.8 Å². The van der Waals surface area contributed by atoms with Crippen LogP contribution in [0.3, 0.4) is 0 Å². The molecule has 9 nitrogen and oxygen atoms in total. The quantitative estimate of drug-likeness (QED) is 0.0658. The highest BCUT2D eigenvalue weighted by Gasteiger charge is 2.25. The Morgan fingerprint density at radius 1 is 0.703 bits per heavy atom. The molecule has 0 aromatic rings. The van der Waals surface area contributed by atoms with E-state index >= 15 is 0 Å². The molecular weight excluding hydrogens is 497 g/mol. The fraction of sp³-hybridized carbons (Fsp3) is 0.926. The van der Waals surface area contributed by atoms with E-state index in [-0.39, 0.29) is 38.6 Å². The Bertz CT molecular complexity index is 605. The van der Waals surface area contributed by atoms with E-state index in [0.717, 1.165) is 44.9 Å². The Kier molecular flexibility index (Phi) is 24.6. The number of nitrogens with two attached hydrogens (primary N) is 1. The van der Waals surface area contributed by atoms with Crippen LogP contribution in [0.5, 0.6) is 0 Å². The van der Waals surface area contributed by atoms with Crippen LogP contribution in [0.15, 0.2) is 0 Å². The third-order valence-electron chi connectivity index (χ3n) is 5.99. The summed E-state index contributed by atoms with van der Waals surface area (Å²) in [6.45, 7) is 3.59. The second-order valence-corrected chi connectivity index (χ2v) is 11.1.